The molecule has 0 amide bonds. The smallest absolute Gasteiger partial charge is 0.324 e. The zero-order valence-electron chi connectivity index (χ0n) is 15.7. The Balaban J connectivity index is 1.63. The van der Waals surface area contributed by atoms with E-state index in [0.29, 0.717) is 6.61 Å². The Morgan fingerprint density at radius 3 is 2.42 bits per heavy atom. The van der Waals surface area contributed by atoms with Crippen molar-refractivity contribution < 1.29 is 14.3 Å². The van der Waals surface area contributed by atoms with Gasteiger partial charge in [0.1, 0.15) is 24.0 Å². The van der Waals surface area contributed by atoms with Crippen LogP contribution in [0, 0.1) is 0 Å². The minimum absolute atomic E-state index is 0.132. The molecule has 1 fully saturated rings. The molecule has 1 aliphatic rings. The number of nitrogens with one attached hydrogen (secondary N) is 1. The molecule has 1 N–H and O–H groups in total. The molecule has 0 radical (unpaired) electrons. The first-order valence-electron chi connectivity index (χ1n) is 9.15. The summed E-state index contributed by atoms with van der Waals surface area (Å²) >= 11 is 0. The fourth-order valence-electron chi connectivity index (χ4n) is 3.23. The van der Waals surface area contributed by atoms with E-state index in [2.05, 4.69) is 17.4 Å². The molecule has 2 aromatic carbocycles. The molecule has 3 rings (SSSR count). The number of hydrogen-bond donors (Lipinski definition) is 1. The first-order chi connectivity index (χ1) is 12.4. The van der Waals surface area contributed by atoms with Gasteiger partial charge in [-0.15, -0.1) is 0 Å². The van der Waals surface area contributed by atoms with Crippen LogP contribution in [0.1, 0.15) is 44.2 Å². The maximum Gasteiger partial charge on any atom is 0.324 e. The third-order valence-corrected chi connectivity index (χ3v) is 4.44. The summed E-state index contributed by atoms with van der Waals surface area (Å²) in [4.78, 5) is 12.5. The molecule has 0 bridgehead atoms. The molecular formula is C22H27NO3. The molecule has 4 nitrogen and oxygen atoms in total. The summed E-state index contributed by atoms with van der Waals surface area (Å²) in [6, 6.07) is 17.9. The van der Waals surface area contributed by atoms with Crippen LogP contribution in [0.4, 0.5) is 0 Å². The number of carbonyl (C=O) groups excluding carboxylic acids is 1. The Hall–Kier alpha value is -2.33. The summed E-state index contributed by atoms with van der Waals surface area (Å²) in [6.45, 7) is 7.06. The molecule has 0 saturated carbocycles. The lowest BCUT2D eigenvalue weighted by Gasteiger charge is -2.25. The van der Waals surface area contributed by atoms with Gasteiger partial charge in [0.2, 0.25) is 0 Å². The lowest BCUT2D eigenvalue weighted by molar-refractivity contribution is -0.157. The van der Waals surface area contributed by atoms with Crippen molar-refractivity contribution in [1.29, 1.82) is 0 Å². The van der Waals surface area contributed by atoms with Gasteiger partial charge < -0.3 is 14.8 Å². The van der Waals surface area contributed by atoms with Crippen molar-refractivity contribution in [2.45, 2.75) is 51.4 Å². The van der Waals surface area contributed by atoms with E-state index in [1.807, 2.05) is 63.2 Å². The average Bonchev–Trinajstić information content (AvgIpc) is 3.10. The minimum atomic E-state index is -0.471. The van der Waals surface area contributed by atoms with Crippen molar-refractivity contribution >= 4 is 5.97 Å². The van der Waals surface area contributed by atoms with Crippen molar-refractivity contribution in [3.8, 4) is 5.75 Å². The maximum absolute atomic E-state index is 12.5. The Morgan fingerprint density at radius 2 is 1.77 bits per heavy atom. The van der Waals surface area contributed by atoms with Gasteiger partial charge in [0.15, 0.2) is 0 Å². The first-order valence-corrected chi connectivity index (χ1v) is 9.15. The molecule has 0 spiro atoms. The Labute approximate surface area is 155 Å². The van der Waals surface area contributed by atoms with Crippen LogP contribution in [-0.2, 0) is 16.1 Å². The van der Waals surface area contributed by atoms with Crippen molar-refractivity contribution in [2.24, 2.45) is 0 Å². The molecule has 2 aromatic rings. The van der Waals surface area contributed by atoms with Gasteiger partial charge in [-0.2, -0.15) is 0 Å². The van der Waals surface area contributed by atoms with Gasteiger partial charge in [-0.1, -0.05) is 42.5 Å². The van der Waals surface area contributed by atoms with Crippen LogP contribution in [0.25, 0.3) is 0 Å². The Bertz CT molecular complexity index is 719. The molecular weight excluding hydrogens is 326 g/mol. The molecule has 1 saturated heterocycles. The summed E-state index contributed by atoms with van der Waals surface area (Å²) in [5.41, 5.74) is 1.81. The Morgan fingerprint density at radius 1 is 1.08 bits per heavy atom. The number of carbonyl (C=O) groups is 1. The number of esters is 1. The van der Waals surface area contributed by atoms with E-state index in [4.69, 9.17) is 9.47 Å². The predicted octanol–water partition coefficient (Wildman–Crippen LogP) is 4.05. The second-order valence-electron chi connectivity index (χ2n) is 7.70. The van der Waals surface area contributed by atoms with E-state index in [1.165, 1.54) is 0 Å². The van der Waals surface area contributed by atoms with Crippen molar-refractivity contribution in [3.05, 3.63) is 65.7 Å². The topological polar surface area (TPSA) is 47.6 Å². The highest BCUT2D eigenvalue weighted by Gasteiger charge is 2.36. The molecule has 1 aliphatic heterocycles. The molecule has 26 heavy (non-hydrogen) atoms. The van der Waals surface area contributed by atoms with Crippen LogP contribution < -0.4 is 10.1 Å². The second kappa shape index (κ2) is 7.92. The predicted molar refractivity (Wildman–Crippen MR) is 102 cm³/mol. The molecule has 2 atom stereocenters. The number of ether oxygens (including phenoxy) is 2. The van der Waals surface area contributed by atoms with E-state index in [-0.39, 0.29) is 17.9 Å². The van der Waals surface area contributed by atoms with Crippen molar-refractivity contribution in [3.63, 3.8) is 0 Å². The third-order valence-electron chi connectivity index (χ3n) is 4.44. The van der Waals surface area contributed by atoms with Gasteiger partial charge in [0.05, 0.1) is 0 Å². The summed E-state index contributed by atoms with van der Waals surface area (Å²) < 4.78 is 11.4. The fraction of sp³-hybridized carbons (Fsp3) is 0.409. The van der Waals surface area contributed by atoms with E-state index in [9.17, 15) is 4.79 Å². The third kappa shape index (κ3) is 4.85. The minimum Gasteiger partial charge on any atom is -0.489 e. The van der Waals surface area contributed by atoms with Crippen molar-refractivity contribution in [2.75, 3.05) is 6.54 Å². The SMILES string of the molecule is CC(C)(C)OC(=O)[C@H]1NCC[C@H]1c1ccc(OCc2ccccc2)cc1. The number of benzene rings is 2. The number of hydrogen-bond acceptors (Lipinski definition) is 4. The number of rotatable bonds is 5. The first kappa shape index (κ1) is 18.5. The Kier molecular flexibility index (Phi) is 5.62. The monoisotopic (exact) mass is 353 g/mol. The van der Waals surface area contributed by atoms with Crippen LogP contribution in [0.15, 0.2) is 54.6 Å². The van der Waals surface area contributed by atoms with Gasteiger partial charge in [-0.3, -0.25) is 4.79 Å². The lowest BCUT2D eigenvalue weighted by Crippen LogP contribution is -2.40. The molecule has 138 valence electrons. The molecule has 0 aliphatic carbocycles. The van der Waals surface area contributed by atoms with Gasteiger partial charge in [0.25, 0.3) is 0 Å². The highest BCUT2D eigenvalue weighted by molar-refractivity contribution is 5.78. The van der Waals surface area contributed by atoms with Crippen molar-refractivity contribution in [1.82, 2.24) is 5.32 Å². The molecule has 0 aromatic heterocycles. The normalized spacial score (nSPS) is 20.0. The average molecular weight is 353 g/mol. The second-order valence-corrected chi connectivity index (χ2v) is 7.70. The molecule has 0 unspecified atom stereocenters. The maximum atomic E-state index is 12.5. The van der Waals surface area contributed by atoms with Gasteiger partial charge in [0, 0.05) is 5.92 Å². The van der Waals surface area contributed by atoms with E-state index in [1.54, 1.807) is 0 Å². The van der Waals surface area contributed by atoms with Crippen LogP contribution in [0.5, 0.6) is 5.75 Å². The highest BCUT2D eigenvalue weighted by atomic mass is 16.6. The summed E-state index contributed by atoms with van der Waals surface area (Å²) in [7, 11) is 0. The summed E-state index contributed by atoms with van der Waals surface area (Å²) in [5, 5.41) is 3.28. The largest absolute Gasteiger partial charge is 0.489 e. The zero-order chi connectivity index (χ0) is 18.6. The fourth-order valence-corrected chi connectivity index (χ4v) is 3.23. The van der Waals surface area contributed by atoms with Gasteiger partial charge in [-0.25, -0.2) is 0 Å². The van der Waals surface area contributed by atoms with E-state index in [0.717, 1.165) is 29.8 Å². The van der Waals surface area contributed by atoms with Gasteiger partial charge in [-0.05, 0) is 57.0 Å². The highest BCUT2D eigenvalue weighted by Crippen LogP contribution is 2.30. The lowest BCUT2D eigenvalue weighted by atomic mass is 9.92. The summed E-state index contributed by atoms with van der Waals surface area (Å²) in [5.74, 6) is 0.787. The van der Waals surface area contributed by atoms with Crippen LogP contribution in [0.2, 0.25) is 0 Å². The molecule has 4 heteroatoms. The van der Waals surface area contributed by atoms with Gasteiger partial charge >= 0.3 is 5.97 Å². The van der Waals surface area contributed by atoms with E-state index >= 15 is 0 Å². The zero-order valence-corrected chi connectivity index (χ0v) is 15.7. The quantitative estimate of drug-likeness (QED) is 0.824. The standard InChI is InChI=1S/C22H27NO3/c1-22(2,3)26-21(24)20-19(13-14-23-20)17-9-11-18(12-10-17)25-15-16-7-5-4-6-8-16/h4-12,19-20,23H,13-15H2,1-3H3/t19-,20-/m0/s1. The summed E-state index contributed by atoms with van der Waals surface area (Å²) in [6.07, 6.45) is 0.925. The van der Waals surface area contributed by atoms with Crippen LogP contribution in [-0.4, -0.2) is 24.2 Å². The van der Waals surface area contributed by atoms with Crippen LogP contribution >= 0.6 is 0 Å². The van der Waals surface area contributed by atoms with Crippen LogP contribution in [0.3, 0.4) is 0 Å². The molecule has 1 heterocycles. The van der Waals surface area contributed by atoms with E-state index < -0.39 is 5.60 Å².